The molecular weight excluding hydrogens is 358 g/mol. The van der Waals surface area contributed by atoms with Gasteiger partial charge in [0.05, 0.1) is 18.8 Å². The van der Waals surface area contributed by atoms with E-state index in [1.807, 2.05) is 41.5 Å². The summed E-state index contributed by atoms with van der Waals surface area (Å²) in [7, 11) is 0. The van der Waals surface area contributed by atoms with Crippen LogP contribution in [0.3, 0.4) is 0 Å². The number of piperidine rings is 1. The zero-order valence-corrected chi connectivity index (χ0v) is 17.3. The molecule has 0 aliphatic carbocycles. The van der Waals surface area contributed by atoms with Crippen LogP contribution in [-0.2, 0) is 14.4 Å². The highest BCUT2D eigenvalue weighted by Crippen LogP contribution is 2.27. The van der Waals surface area contributed by atoms with Crippen molar-refractivity contribution in [1.29, 1.82) is 0 Å². The SMILES string of the molecule is CC(C)(C)C(=O)Nc1ccnn1C1CCN(C(=O)CCN2CCCCO2)CC1. The van der Waals surface area contributed by atoms with Crippen LogP contribution >= 0.6 is 0 Å². The quantitative estimate of drug-likeness (QED) is 0.834. The Morgan fingerprint density at radius 1 is 1.21 bits per heavy atom. The molecule has 2 aliphatic rings. The van der Waals surface area contributed by atoms with Crippen molar-refractivity contribution < 1.29 is 14.4 Å². The zero-order chi connectivity index (χ0) is 20.1. The normalized spacial score (nSPS) is 19.6. The number of nitrogens with zero attached hydrogens (tertiary/aromatic N) is 4. The van der Waals surface area contributed by atoms with Gasteiger partial charge in [0.1, 0.15) is 5.82 Å². The average molecular weight is 392 g/mol. The molecule has 0 bridgehead atoms. The third-order valence-corrected chi connectivity index (χ3v) is 5.41. The molecule has 3 heterocycles. The second kappa shape index (κ2) is 9.05. The van der Waals surface area contributed by atoms with Crippen molar-refractivity contribution in [1.82, 2.24) is 19.7 Å². The maximum atomic E-state index is 12.5. The van der Waals surface area contributed by atoms with E-state index in [9.17, 15) is 9.59 Å². The molecule has 8 heteroatoms. The first-order valence-corrected chi connectivity index (χ1v) is 10.4. The van der Waals surface area contributed by atoms with Gasteiger partial charge < -0.3 is 10.2 Å². The minimum Gasteiger partial charge on any atom is -0.342 e. The number of hydroxylamine groups is 2. The van der Waals surface area contributed by atoms with Gasteiger partial charge in [0.2, 0.25) is 11.8 Å². The molecular formula is C20H33N5O3. The highest BCUT2D eigenvalue weighted by Gasteiger charge is 2.27. The minimum atomic E-state index is -0.455. The molecule has 2 saturated heterocycles. The topological polar surface area (TPSA) is 79.7 Å². The van der Waals surface area contributed by atoms with Crippen molar-refractivity contribution in [3.63, 3.8) is 0 Å². The highest BCUT2D eigenvalue weighted by molar-refractivity contribution is 5.93. The second-order valence-electron chi connectivity index (χ2n) is 8.70. The number of carbonyl (C=O) groups is 2. The molecule has 0 radical (unpaired) electrons. The van der Waals surface area contributed by atoms with Gasteiger partial charge in [-0.2, -0.15) is 10.2 Å². The number of hydrogen-bond acceptors (Lipinski definition) is 5. The van der Waals surface area contributed by atoms with Gasteiger partial charge in [0, 0.05) is 44.1 Å². The van der Waals surface area contributed by atoms with E-state index in [1.54, 1.807) is 6.20 Å². The van der Waals surface area contributed by atoms with E-state index < -0.39 is 5.41 Å². The molecule has 0 saturated carbocycles. The summed E-state index contributed by atoms with van der Waals surface area (Å²) in [5.74, 6) is 0.892. The van der Waals surface area contributed by atoms with Gasteiger partial charge in [0.15, 0.2) is 0 Å². The first kappa shape index (κ1) is 20.8. The summed E-state index contributed by atoms with van der Waals surface area (Å²) in [6, 6.07) is 2.03. The zero-order valence-electron chi connectivity index (χ0n) is 17.3. The molecule has 2 aliphatic heterocycles. The molecule has 0 unspecified atom stereocenters. The van der Waals surface area contributed by atoms with E-state index in [0.717, 1.165) is 57.7 Å². The third kappa shape index (κ3) is 5.32. The molecule has 2 fully saturated rings. The van der Waals surface area contributed by atoms with E-state index >= 15 is 0 Å². The molecule has 156 valence electrons. The Kier molecular flexibility index (Phi) is 6.72. The lowest BCUT2D eigenvalue weighted by Crippen LogP contribution is -2.41. The summed E-state index contributed by atoms with van der Waals surface area (Å²) in [6.45, 7) is 9.45. The Morgan fingerprint density at radius 2 is 1.96 bits per heavy atom. The molecule has 1 aromatic heterocycles. The summed E-state index contributed by atoms with van der Waals surface area (Å²) in [4.78, 5) is 32.3. The molecule has 0 aromatic carbocycles. The third-order valence-electron chi connectivity index (χ3n) is 5.41. The number of aromatic nitrogens is 2. The molecule has 8 nitrogen and oxygen atoms in total. The molecule has 0 spiro atoms. The lowest BCUT2D eigenvalue weighted by Gasteiger charge is -2.33. The Labute approximate surface area is 167 Å². The van der Waals surface area contributed by atoms with Crippen LogP contribution in [0, 0.1) is 5.41 Å². The predicted molar refractivity (Wildman–Crippen MR) is 107 cm³/mol. The van der Waals surface area contributed by atoms with E-state index in [4.69, 9.17) is 4.84 Å². The molecule has 0 atom stereocenters. The van der Waals surface area contributed by atoms with E-state index in [0.29, 0.717) is 13.0 Å². The number of rotatable bonds is 5. The van der Waals surface area contributed by atoms with Crippen LogP contribution in [0.15, 0.2) is 12.3 Å². The number of carbonyl (C=O) groups excluding carboxylic acids is 2. The predicted octanol–water partition coefficient (Wildman–Crippen LogP) is 2.45. The van der Waals surface area contributed by atoms with Gasteiger partial charge >= 0.3 is 0 Å². The van der Waals surface area contributed by atoms with Crippen molar-refractivity contribution in [3.8, 4) is 0 Å². The average Bonchev–Trinajstić information content (AvgIpc) is 3.14. The molecule has 1 aromatic rings. The maximum Gasteiger partial charge on any atom is 0.230 e. The Morgan fingerprint density at radius 3 is 2.61 bits per heavy atom. The monoisotopic (exact) mass is 391 g/mol. The standard InChI is InChI=1S/C20H33N5O3/c1-20(2,3)19(27)22-17-6-10-21-25(17)16-7-12-23(13-8-16)18(26)9-14-24-11-4-5-15-28-24/h6,10,16H,4-5,7-9,11-15H2,1-3H3,(H,22,27). The van der Waals surface area contributed by atoms with Gasteiger partial charge in [-0.1, -0.05) is 20.8 Å². The van der Waals surface area contributed by atoms with E-state index in [2.05, 4.69) is 10.4 Å². The fraction of sp³-hybridized carbons (Fsp3) is 0.750. The molecule has 3 rings (SSSR count). The minimum absolute atomic E-state index is 0.0261. The Balaban J connectivity index is 1.48. The number of hydrogen-bond donors (Lipinski definition) is 1. The van der Waals surface area contributed by atoms with Crippen LogP contribution in [0.4, 0.5) is 5.82 Å². The summed E-state index contributed by atoms with van der Waals surface area (Å²) >= 11 is 0. The summed E-state index contributed by atoms with van der Waals surface area (Å²) in [6.07, 6.45) is 6.13. The van der Waals surface area contributed by atoms with Crippen LogP contribution in [0.1, 0.15) is 58.9 Å². The van der Waals surface area contributed by atoms with Gasteiger partial charge in [-0.25, -0.2) is 4.68 Å². The maximum absolute atomic E-state index is 12.5. The molecule has 28 heavy (non-hydrogen) atoms. The first-order chi connectivity index (χ1) is 13.3. The highest BCUT2D eigenvalue weighted by atomic mass is 16.7. The molecule has 2 amide bonds. The number of nitrogens with one attached hydrogen (secondary N) is 1. The lowest BCUT2D eigenvalue weighted by molar-refractivity contribution is -0.182. The van der Waals surface area contributed by atoms with Crippen molar-refractivity contribution in [2.75, 3.05) is 38.1 Å². The summed E-state index contributed by atoms with van der Waals surface area (Å²) < 4.78 is 1.90. The van der Waals surface area contributed by atoms with E-state index in [-0.39, 0.29) is 17.9 Å². The van der Waals surface area contributed by atoms with Crippen molar-refractivity contribution in [2.45, 2.75) is 58.9 Å². The van der Waals surface area contributed by atoms with Crippen molar-refractivity contribution in [3.05, 3.63) is 12.3 Å². The van der Waals surface area contributed by atoms with Gasteiger partial charge in [-0.15, -0.1) is 0 Å². The van der Waals surface area contributed by atoms with E-state index in [1.165, 1.54) is 0 Å². The number of anilines is 1. The van der Waals surface area contributed by atoms with Gasteiger partial charge in [-0.05, 0) is 25.7 Å². The van der Waals surface area contributed by atoms with Crippen LogP contribution < -0.4 is 5.32 Å². The van der Waals surface area contributed by atoms with Gasteiger partial charge in [-0.3, -0.25) is 14.4 Å². The largest absolute Gasteiger partial charge is 0.342 e. The van der Waals surface area contributed by atoms with Crippen LogP contribution in [-0.4, -0.2) is 64.3 Å². The number of amides is 2. The van der Waals surface area contributed by atoms with Gasteiger partial charge in [0.25, 0.3) is 0 Å². The van der Waals surface area contributed by atoms with Crippen LogP contribution in [0.2, 0.25) is 0 Å². The summed E-state index contributed by atoms with van der Waals surface area (Å²) in [5.41, 5.74) is -0.455. The van der Waals surface area contributed by atoms with Crippen molar-refractivity contribution >= 4 is 17.6 Å². The Hall–Kier alpha value is -1.93. The summed E-state index contributed by atoms with van der Waals surface area (Å²) in [5, 5.41) is 9.32. The smallest absolute Gasteiger partial charge is 0.230 e. The first-order valence-electron chi connectivity index (χ1n) is 10.4. The number of likely N-dealkylation sites (tertiary alicyclic amines) is 1. The fourth-order valence-electron chi connectivity index (χ4n) is 3.57. The van der Waals surface area contributed by atoms with Crippen molar-refractivity contribution in [2.24, 2.45) is 5.41 Å². The fourth-order valence-corrected chi connectivity index (χ4v) is 3.57. The molecule has 1 N–H and O–H groups in total. The Bertz CT molecular complexity index is 668. The lowest BCUT2D eigenvalue weighted by atomic mass is 9.96. The second-order valence-corrected chi connectivity index (χ2v) is 8.70. The van der Waals surface area contributed by atoms with Crippen LogP contribution in [0.5, 0.6) is 0 Å². The van der Waals surface area contributed by atoms with Crippen LogP contribution in [0.25, 0.3) is 0 Å².